The summed E-state index contributed by atoms with van der Waals surface area (Å²) in [5.41, 5.74) is 0.798. The molecule has 0 spiro atoms. The largest absolute Gasteiger partial charge is 0.497 e. The number of methoxy groups -OCH3 is 1. The maximum Gasteiger partial charge on any atom is 0.316 e. The van der Waals surface area contributed by atoms with E-state index in [2.05, 4.69) is 15.5 Å². The van der Waals surface area contributed by atoms with E-state index in [1.807, 2.05) is 49.4 Å². The maximum absolute atomic E-state index is 11.7. The minimum atomic E-state index is -1.08. The fourth-order valence-electron chi connectivity index (χ4n) is 3.75. The number of benzene rings is 2. The Kier molecular flexibility index (Phi) is 5.02. The molecule has 0 bridgehead atoms. The van der Waals surface area contributed by atoms with Crippen LogP contribution in [0.1, 0.15) is 18.9 Å². The molecule has 1 atom stereocenters. The Morgan fingerprint density at radius 1 is 1.19 bits per heavy atom. The SMILES string of the molecule is CCOc1ccccc1N1C[C@](O)(c2ccc(OC)cc2)[N+]2=C1SCCC2. The molecule has 6 heteroatoms. The fraction of sp³-hybridized carbons (Fsp3) is 0.381. The summed E-state index contributed by atoms with van der Waals surface area (Å²) in [6.07, 6.45) is 1.05. The number of thioether (sulfide) groups is 1. The van der Waals surface area contributed by atoms with Crippen LogP contribution in [0.2, 0.25) is 0 Å². The van der Waals surface area contributed by atoms with E-state index in [-0.39, 0.29) is 0 Å². The van der Waals surface area contributed by atoms with E-state index < -0.39 is 5.72 Å². The quantitative estimate of drug-likeness (QED) is 0.801. The molecule has 1 N–H and O–H groups in total. The average molecular weight is 386 g/mol. The number of nitrogens with zero attached hydrogens (tertiary/aromatic N) is 2. The Morgan fingerprint density at radius 3 is 2.70 bits per heavy atom. The lowest BCUT2D eigenvalue weighted by atomic mass is 10.0. The molecule has 0 aliphatic carbocycles. The lowest BCUT2D eigenvalue weighted by Gasteiger charge is -2.24. The minimum absolute atomic E-state index is 0.464. The lowest BCUT2D eigenvalue weighted by Crippen LogP contribution is -2.41. The molecule has 2 aliphatic rings. The van der Waals surface area contributed by atoms with Crippen molar-refractivity contribution in [3.05, 3.63) is 54.1 Å². The number of ether oxygens (including phenoxy) is 2. The normalized spacial score (nSPS) is 22.0. The molecule has 0 radical (unpaired) electrons. The number of hydrogen-bond acceptors (Lipinski definition) is 5. The number of β-amino-alcohol motifs (C(OH)–C–C–N with tert-alkyl or cyclic N) is 1. The summed E-state index contributed by atoms with van der Waals surface area (Å²) in [6, 6.07) is 15.8. The second kappa shape index (κ2) is 7.44. The highest BCUT2D eigenvalue weighted by atomic mass is 32.2. The zero-order valence-electron chi connectivity index (χ0n) is 15.7. The molecule has 27 heavy (non-hydrogen) atoms. The molecule has 0 amide bonds. The molecule has 2 heterocycles. The second-order valence-electron chi connectivity index (χ2n) is 6.67. The monoisotopic (exact) mass is 385 g/mol. The smallest absolute Gasteiger partial charge is 0.316 e. The van der Waals surface area contributed by atoms with Crippen LogP contribution < -0.4 is 14.4 Å². The van der Waals surface area contributed by atoms with Crippen LogP contribution in [0.15, 0.2) is 48.5 Å². The standard InChI is InChI=1S/C21H25N2O3S/c1-3-26-19-8-5-4-7-18(19)22-15-21(24,23-13-6-14-27-20(22)23)16-9-11-17(25-2)12-10-16/h4-5,7-12,24H,3,6,13-15H2,1-2H3/q+1/t21-/m0/s1. The van der Waals surface area contributed by atoms with Gasteiger partial charge in [0, 0.05) is 11.3 Å². The molecule has 4 rings (SSSR count). The van der Waals surface area contributed by atoms with Crippen molar-refractivity contribution < 1.29 is 19.2 Å². The van der Waals surface area contributed by atoms with Crippen LogP contribution in [0.5, 0.6) is 11.5 Å². The van der Waals surface area contributed by atoms with E-state index in [9.17, 15) is 5.11 Å². The summed E-state index contributed by atoms with van der Waals surface area (Å²) in [7, 11) is 1.65. The van der Waals surface area contributed by atoms with Crippen LogP contribution in [0.3, 0.4) is 0 Å². The Bertz CT molecular complexity index is 853. The van der Waals surface area contributed by atoms with E-state index in [0.717, 1.165) is 46.6 Å². The van der Waals surface area contributed by atoms with Crippen LogP contribution in [-0.4, -0.2) is 47.4 Å². The molecule has 0 saturated carbocycles. The van der Waals surface area contributed by atoms with Gasteiger partial charge in [0.15, 0.2) is 18.0 Å². The predicted octanol–water partition coefficient (Wildman–Crippen LogP) is 3.26. The summed E-state index contributed by atoms with van der Waals surface area (Å²) < 4.78 is 13.3. The third-order valence-corrected chi connectivity index (χ3v) is 6.24. The van der Waals surface area contributed by atoms with Crippen molar-refractivity contribution in [3.8, 4) is 11.5 Å². The number of anilines is 1. The third-order valence-electron chi connectivity index (χ3n) is 5.05. The van der Waals surface area contributed by atoms with E-state index in [4.69, 9.17) is 9.47 Å². The summed E-state index contributed by atoms with van der Waals surface area (Å²) >= 11 is 1.80. The van der Waals surface area contributed by atoms with Gasteiger partial charge in [0.2, 0.25) is 0 Å². The number of hydrogen-bond donors (Lipinski definition) is 1. The molecular weight excluding hydrogens is 360 g/mol. The van der Waals surface area contributed by atoms with E-state index in [1.54, 1.807) is 18.9 Å². The lowest BCUT2D eigenvalue weighted by molar-refractivity contribution is -0.656. The van der Waals surface area contributed by atoms with Crippen LogP contribution >= 0.6 is 11.8 Å². The first-order valence-electron chi connectivity index (χ1n) is 9.31. The van der Waals surface area contributed by atoms with Crippen molar-refractivity contribution in [2.24, 2.45) is 0 Å². The van der Waals surface area contributed by atoms with Gasteiger partial charge in [-0.25, -0.2) is 9.48 Å². The minimum Gasteiger partial charge on any atom is -0.497 e. The molecule has 2 aromatic carbocycles. The summed E-state index contributed by atoms with van der Waals surface area (Å²) in [5.74, 6) is 2.69. The Labute approximate surface area is 164 Å². The topological polar surface area (TPSA) is 44.9 Å². The van der Waals surface area contributed by atoms with E-state index >= 15 is 0 Å². The van der Waals surface area contributed by atoms with Crippen molar-refractivity contribution in [1.29, 1.82) is 0 Å². The number of aliphatic hydroxyl groups is 1. The predicted molar refractivity (Wildman–Crippen MR) is 109 cm³/mol. The Morgan fingerprint density at radius 2 is 1.96 bits per heavy atom. The molecule has 0 unspecified atom stereocenters. The van der Waals surface area contributed by atoms with Crippen LogP contribution in [0, 0.1) is 0 Å². The Balaban J connectivity index is 1.77. The second-order valence-corrected chi connectivity index (χ2v) is 7.73. The van der Waals surface area contributed by atoms with Crippen molar-refractivity contribution in [2.45, 2.75) is 19.1 Å². The number of para-hydroxylation sites is 2. The van der Waals surface area contributed by atoms with Gasteiger partial charge in [0.05, 0.1) is 20.3 Å². The highest BCUT2D eigenvalue weighted by Crippen LogP contribution is 2.40. The molecule has 2 aromatic rings. The van der Waals surface area contributed by atoms with Crippen molar-refractivity contribution in [3.63, 3.8) is 0 Å². The van der Waals surface area contributed by atoms with Gasteiger partial charge in [0.1, 0.15) is 5.75 Å². The van der Waals surface area contributed by atoms with Crippen molar-refractivity contribution >= 4 is 22.6 Å². The van der Waals surface area contributed by atoms with Gasteiger partial charge in [-0.1, -0.05) is 12.1 Å². The highest BCUT2D eigenvalue weighted by molar-refractivity contribution is 8.13. The number of amidine groups is 1. The Hall–Kier alpha value is -2.18. The van der Waals surface area contributed by atoms with Crippen LogP contribution in [-0.2, 0) is 5.72 Å². The first kappa shape index (κ1) is 18.2. The molecule has 2 aliphatic heterocycles. The fourth-order valence-corrected chi connectivity index (χ4v) is 4.92. The van der Waals surface area contributed by atoms with Gasteiger partial charge in [-0.05, 0) is 61.5 Å². The molecule has 5 nitrogen and oxygen atoms in total. The zero-order valence-corrected chi connectivity index (χ0v) is 16.5. The van der Waals surface area contributed by atoms with Gasteiger partial charge in [0.25, 0.3) is 5.72 Å². The highest BCUT2D eigenvalue weighted by Gasteiger charge is 2.53. The zero-order chi connectivity index (χ0) is 18.9. The molecule has 0 saturated heterocycles. The van der Waals surface area contributed by atoms with Gasteiger partial charge in [-0.15, -0.1) is 0 Å². The van der Waals surface area contributed by atoms with Gasteiger partial charge in [-0.2, -0.15) is 0 Å². The van der Waals surface area contributed by atoms with Crippen molar-refractivity contribution in [2.75, 3.05) is 37.5 Å². The first-order valence-corrected chi connectivity index (χ1v) is 10.3. The van der Waals surface area contributed by atoms with E-state index in [0.29, 0.717) is 13.2 Å². The van der Waals surface area contributed by atoms with Gasteiger partial charge in [-0.3, -0.25) is 0 Å². The van der Waals surface area contributed by atoms with Crippen LogP contribution in [0.25, 0.3) is 0 Å². The molecule has 0 fully saturated rings. The maximum atomic E-state index is 11.7. The summed E-state index contributed by atoms with van der Waals surface area (Å²) in [5, 5.41) is 12.8. The molecule has 0 aromatic heterocycles. The van der Waals surface area contributed by atoms with Gasteiger partial charge >= 0.3 is 5.17 Å². The summed E-state index contributed by atoms with van der Waals surface area (Å²) in [6.45, 7) is 3.90. The first-order chi connectivity index (χ1) is 13.2. The average Bonchev–Trinajstić information content (AvgIpc) is 3.03. The third kappa shape index (κ3) is 3.17. The van der Waals surface area contributed by atoms with Crippen molar-refractivity contribution in [1.82, 2.24) is 0 Å². The number of rotatable bonds is 5. The molecular formula is C21H25N2O3S+. The van der Waals surface area contributed by atoms with E-state index in [1.165, 1.54) is 0 Å². The van der Waals surface area contributed by atoms with Gasteiger partial charge < -0.3 is 14.6 Å². The molecule has 142 valence electrons. The van der Waals surface area contributed by atoms with Crippen LogP contribution in [0.4, 0.5) is 5.69 Å². The summed E-state index contributed by atoms with van der Waals surface area (Å²) in [4.78, 5) is 2.19.